The molecule has 1 fully saturated rings. The second kappa shape index (κ2) is 10.3. The zero-order chi connectivity index (χ0) is 23.2. The molecule has 0 unspecified atom stereocenters. The lowest BCUT2D eigenvalue weighted by atomic mass is 9.99. The maximum atomic E-state index is 13.3. The summed E-state index contributed by atoms with van der Waals surface area (Å²) >= 11 is 0. The first-order chi connectivity index (χ1) is 16.0. The van der Waals surface area contributed by atoms with Gasteiger partial charge in [-0.1, -0.05) is 60.7 Å². The van der Waals surface area contributed by atoms with Crippen LogP contribution in [0.25, 0.3) is 0 Å². The van der Waals surface area contributed by atoms with Crippen LogP contribution in [0, 0.1) is 0 Å². The summed E-state index contributed by atoms with van der Waals surface area (Å²) in [5.41, 5.74) is 2.81. The van der Waals surface area contributed by atoms with E-state index in [1.54, 1.807) is 15.9 Å². The number of nitrogens with zero attached hydrogens (tertiary/aromatic N) is 2. The number of ether oxygens (including phenoxy) is 1. The van der Waals surface area contributed by atoms with E-state index < -0.39 is 6.61 Å². The van der Waals surface area contributed by atoms with Crippen LogP contribution < -0.4 is 4.74 Å². The van der Waals surface area contributed by atoms with Crippen LogP contribution in [-0.4, -0.2) is 54.4 Å². The van der Waals surface area contributed by atoms with Crippen LogP contribution in [0.15, 0.2) is 78.9 Å². The van der Waals surface area contributed by atoms with Crippen molar-refractivity contribution in [1.29, 1.82) is 0 Å². The number of para-hydroxylation sites is 1. The summed E-state index contributed by atoms with van der Waals surface area (Å²) in [5.74, 6) is -0.608. The molecule has 1 aliphatic rings. The molecule has 7 heteroatoms. The molecule has 0 N–H and O–H groups in total. The standard InChI is InChI=1S/C26H24F2N2O3/c27-26(28)33-23-13-7-6-12-22(23)25(32)30-16-14-29(15-17-30)24(31)21-11-5-4-10-20(21)18-19-8-2-1-3-9-19/h1-13,26H,14-18H2. The number of amides is 2. The molecule has 0 radical (unpaired) electrons. The second-order valence-corrected chi connectivity index (χ2v) is 7.78. The van der Waals surface area contributed by atoms with Crippen LogP contribution in [0.4, 0.5) is 8.78 Å². The number of rotatable bonds is 6. The van der Waals surface area contributed by atoms with Gasteiger partial charge in [0.25, 0.3) is 11.8 Å². The zero-order valence-electron chi connectivity index (χ0n) is 18.0. The maximum Gasteiger partial charge on any atom is 0.387 e. The normalized spacial score (nSPS) is 13.8. The van der Waals surface area contributed by atoms with Gasteiger partial charge >= 0.3 is 6.61 Å². The molecular weight excluding hydrogens is 426 g/mol. The van der Waals surface area contributed by atoms with Gasteiger partial charge in [-0.05, 0) is 35.7 Å². The average Bonchev–Trinajstić information content (AvgIpc) is 2.84. The molecule has 33 heavy (non-hydrogen) atoms. The molecule has 2 amide bonds. The highest BCUT2D eigenvalue weighted by atomic mass is 19.3. The Hall–Kier alpha value is -3.74. The number of carbonyl (C=O) groups is 2. The molecule has 3 aromatic rings. The van der Waals surface area contributed by atoms with Crippen LogP contribution in [0.1, 0.15) is 31.8 Å². The summed E-state index contributed by atoms with van der Waals surface area (Å²) in [6.45, 7) is -1.66. The Morgan fingerprint density at radius 1 is 0.727 bits per heavy atom. The first kappa shape index (κ1) is 22.5. The molecule has 1 aliphatic heterocycles. The number of carbonyl (C=O) groups excluding carboxylic acids is 2. The Morgan fingerprint density at radius 2 is 1.24 bits per heavy atom. The minimum atomic E-state index is -3.01. The molecule has 3 aromatic carbocycles. The van der Waals surface area contributed by atoms with E-state index in [4.69, 9.17) is 0 Å². The van der Waals surface area contributed by atoms with Crippen LogP contribution in [0.2, 0.25) is 0 Å². The van der Waals surface area contributed by atoms with E-state index in [0.717, 1.165) is 11.1 Å². The van der Waals surface area contributed by atoms with E-state index >= 15 is 0 Å². The molecule has 0 saturated carbocycles. The fraction of sp³-hybridized carbons (Fsp3) is 0.231. The van der Waals surface area contributed by atoms with Gasteiger partial charge in [-0.3, -0.25) is 9.59 Å². The molecule has 1 saturated heterocycles. The highest BCUT2D eigenvalue weighted by Crippen LogP contribution is 2.23. The first-order valence-corrected chi connectivity index (χ1v) is 10.8. The molecule has 170 valence electrons. The molecule has 0 bridgehead atoms. The van der Waals surface area contributed by atoms with Crippen molar-refractivity contribution in [3.63, 3.8) is 0 Å². The monoisotopic (exact) mass is 450 g/mol. The lowest BCUT2D eigenvalue weighted by Gasteiger charge is -2.35. The van der Waals surface area contributed by atoms with Crippen molar-refractivity contribution in [2.45, 2.75) is 13.0 Å². The van der Waals surface area contributed by atoms with Crippen LogP contribution in [-0.2, 0) is 6.42 Å². The molecule has 0 spiro atoms. The second-order valence-electron chi connectivity index (χ2n) is 7.78. The Kier molecular flexibility index (Phi) is 6.98. The van der Waals surface area contributed by atoms with Gasteiger partial charge in [0, 0.05) is 31.7 Å². The fourth-order valence-corrected chi connectivity index (χ4v) is 3.99. The summed E-state index contributed by atoms with van der Waals surface area (Å²) in [4.78, 5) is 29.4. The molecule has 0 atom stereocenters. The summed E-state index contributed by atoms with van der Waals surface area (Å²) < 4.78 is 29.9. The lowest BCUT2D eigenvalue weighted by Crippen LogP contribution is -2.50. The molecule has 5 nitrogen and oxygen atoms in total. The number of piperazine rings is 1. The number of halogens is 2. The molecule has 0 aromatic heterocycles. The van der Waals surface area contributed by atoms with Crippen LogP contribution in [0.5, 0.6) is 5.75 Å². The van der Waals surface area contributed by atoms with Crippen LogP contribution >= 0.6 is 0 Å². The van der Waals surface area contributed by atoms with Gasteiger partial charge in [-0.15, -0.1) is 0 Å². The van der Waals surface area contributed by atoms with Crippen molar-refractivity contribution in [1.82, 2.24) is 9.80 Å². The average molecular weight is 450 g/mol. The third kappa shape index (κ3) is 5.37. The molecule has 1 heterocycles. The van der Waals surface area contributed by atoms with Gasteiger partial charge in [0.15, 0.2) is 0 Å². The molecule has 4 rings (SSSR count). The van der Waals surface area contributed by atoms with Crippen molar-refractivity contribution in [3.8, 4) is 5.75 Å². The van der Waals surface area contributed by atoms with Crippen molar-refractivity contribution >= 4 is 11.8 Å². The maximum absolute atomic E-state index is 13.3. The Morgan fingerprint density at radius 3 is 1.88 bits per heavy atom. The predicted molar refractivity (Wildman–Crippen MR) is 121 cm³/mol. The quantitative estimate of drug-likeness (QED) is 0.557. The Bertz CT molecular complexity index is 1110. The third-order valence-electron chi connectivity index (χ3n) is 5.67. The van der Waals surface area contributed by atoms with Crippen molar-refractivity contribution in [2.24, 2.45) is 0 Å². The Balaban J connectivity index is 1.43. The number of alkyl halides is 2. The van der Waals surface area contributed by atoms with Crippen LogP contribution in [0.3, 0.4) is 0 Å². The minimum absolute atomic E-state index is 0.0740. The summed E-state index contributed by atoms with van der Waals surface area (Å²) in [7, 11) is 0. The van der Waals surface area contributed by atoms with E-state index in [0.29, 0.717) is 38.2 Å². The van der Waals surface area contributed by atoms with Gasteiger partial charge in [-0.25, -0.2) is 0 Å². The summed E-state index contributed by atoms with van der Waals surface area (Å²) in [6, 6.07) is 23.5. The Labute approximate surface area is 191 Å². The van der Waals surface area contributed by atoms with Gasteiger partial charge in [0.2, 0.25) is 0 Å². The van der Waals surface area contributed by atoms with Gasteiger partial charge in [0.05, 0.1) is 5.56 Å². The van der Waals surface area contributed by atoms with Crippen molar-refractivity contribution in [2.75, 3.05) is 26.2 Å². The SMILES string of the molecule is O=C(c1ccccc1Cc1ccccc1)N1CCN(C(=O)c2ccccc2OC(F)F)CC1. The van der Waals surface area contributed by atoms with Crippen molar-refractivity contribution in [3.05, 3.63) is 101 Å². The number of hydrogen-bond donors (Lipinski definition) is 0. The summed E-state index contributed by atoms with van der Waals surface area (Å²) in [5, 5.41) is 0. The topological polar surface area (TPSA) is 49.9 Å². The smallest absolute Gasteiger partial charge is 0.387 e. The largest absolute Gasteiger partial charge is 0.434 e. The van der Waals surface area contributed by atoms with Gasteiger partial charge in [0.1, 0.15) is 5.75 Å². The molecular formula is C26H24F2N2O3. The van der Waals surface area contributed by atoms with E-state index in [2.05, 4.69) is 4.74 Å². The first-order valence-electron chi connectivity index (χ1n) is 10.8. The lowest BCUT2D eigenvalue weighted by molar-refractivity contribution is -0.0503. The van der Waals surface area contributed by atoms with E-state index in [1.807, 2.05) is 54.6 Å². The third-order valence-corrected chi connectivity index (χ3v) is 5.67. The number of benzene rings is 3. The highest BCUT2D eigenvalue weighted by Gasteiger charge is 2.28. The van der Waals surface area contributed by atoms with Crippen molar-refractivity contribution < 1.29 is 23.1 Å². The molecule has 0 aliphatic carbocycles. The number of hydrogen-bond acceptors (Lipinski definition) is 3. The fourth-order valence-electron chi connectivity index (χ4n) is 3.99. The van der Waals surface area contributed by atoms with E-state index in [1.165, 1.54) is 18.2 Å². The predicted octanol–water partition coefficient (Wildman–Crippen LogP) is 4.48. The summed E-state index contributed by atoms with van der Waals surface area (Å²) in [6.07, 6.45) is 0.655. The highest BCUT2D eigenvalue weighted by molar-refractivity contribution is 5.98. The van der Waals surface area contributed by atoms with Gasteiger partial charge < -0.3 is 14.5 Å². The zero-order valence-corrected chi connectivity index (χ0v) is 18.0. The van der Waals surface area contributed by atoms with E-state index in [-0.39, 0.29) is 23.1 Å². The minimum Gasteiger partial charge on any atom is -0.434 e. The van der Waals surface area contributed by atoms with E-state index in [9.17, 15) is 18.4 Å². The van der Waals surface area contributed by atoms with Gasteiger partial charge in [-0.2, -0.15) is 8.78 Å².